The minimum atomic E-state index is -0.362. The number of rotatable bonds is 5. The van der Waals surface area contributed by atoms with E-state index in [4.69, 9.17) is 26.8 Å². The molecule has 5 atom stereocenters. The Kier molecular flexibility index (Phi) is 6.39. The molecule has 0 radical (unpaired) electrons. The van der Waals surface area contributed by atoms with E-state index in [1.165, 1.54) is 0 Å². The first-order chi connectivity index (χ1) is 13.3. The van der Waals surface area contributed by atoms with Crippen molar-refractivity contribution in [3.05, 3.63) is 22.7 Å². The van der Waals surface area contributed by atoms with E-state index in [0.29, 0.717) is 34.1 Å². The number of anilines is 1. The maximum absolute atomic E-state index is 13.0. The Bertz CT molecular complexity index is 804. The average Bonchev–Trinajstić information content (AvgIpc) is 2.82. The Balaban J connectivity index is 1.77. The summed E-state index contributed by atoms with van der Waals surface area (Å²) in [4.78, 5) is 15.4. The normalized spacial score (nSPS) is 27.6. The zero-order chi connectivity index (χ0) is 20.4. The standard InChI is InChI=1S/C21H28ClN3O3/c1-5-6-12(2)28-19-11-17(23)16(22)10-15(19)21(26)24-13-7-14-9-20(27-4)18(8-13)25(14)3/h10-14,18,20H,7-9,23H2,1-4H3,(H,24,26)/t12-,13?,14?,18?,20-/m0/s1. The number of hydrogen-bond donors (Lipinski definition) is 2. The molecule has 1 amide bonds. The highest BCUT2D eigenvalue weighted by molar-refractivity contribution is 6.33. The fraction of sp³-hybridized carbons (Fsp3) is 0.571. The van der Waals surface area contributed by atoms with E-state index in [-0.39, 0.29) is 24.2 Å². The third-order valence-electron chi connectivity index (χ3n) is 5.75. The van der Waals surface area contributed by atoms with Gasteiger partial charge in [0.05, 0.1) is 22.4 Å². The first kappa shape index (κ1) is 20.8. The van der Waals surface area contributed by atoms with Crippen LogP contribution in [0, 0.1) is 11.8 Å². The van der Waals surface area contributed by atoms with E-state index < -0.39 is 0 Å². The Hall–Kier alpha value is -1.94. The number of piperidine rings is 1. The van der Waals surface area contributed by atoms with E-state index in [2.05, 4.69) is 29.1 Å². The van der Waals surface area contributed by atoms with Crippen LogP contribution in [0.3, 0.4) is 0 Å². The molecule has 3 N–H and O–H groups in total. The van der Waals surface area contributed by atoms with E-state index in [1.807, 2.05) is 6.92 Å². The van der Waals surface area contributed by atoms with Gasteiger partial charge in [-0.15, -0.1) is 5.92 Å². The quantitative estimate of drug-likeness (QED) is 0.581. The Morgan fingerprint density at radius 1 is 1.39 bits per heavy atom. The molecule has 1 aromatic carbocycles. The zero-order valence-electron chi connectivity index (χ0n) is 16.8. The lowest BCUT2D eigenvalue weighted by atomic mass is 9.97. The largest absolute Gasteiger partial charge is 0.477 e. The van der Waals surface area contributed by atoms with Crippen molar-refractivity contribution in [3.8, 4) is 17.6 Å². The molecule has 2 heterocycles. The van der Waals surface area contributed by atoms with Gasteiger partial charge in [0.2, 0.25) is 0 Å². The number of benzene rings is 1. The second-order valence-electron chi connectivity index (χ2n) is 7.56. The van der Waals surface area contributed by atoms with Crippen LogP contribution in [0.5, 0.6) is 5.75 Å². The van der Waals surface area contributed by atoms with Gasteiger partial charge in [-0.1, -0.05) is 17.5 Å². The van der Waals surface area contributed by atoms with Crippen LogP contribution in [0.2, 0.25) is 5.02 Å². The van der Waals surface area contributed by atoms with E-state index in [1.54, 1.807) is 26.2 Å². The lowest BCUT2D eigenvalue weighted by Gasteiger charge is -2.37. The molecule has 2 saturated heterocycles. The predicted molar refractivity (Wildman–Crippen MR) is 111 cm³/mol. The Labute approximate surface area is 171 Å². The maximum atomic E-state index is 13.0. The van der Waals surface area contributed by atoms with Crippen LogP contribution in [0.1, 0.15) is 43.5 Å². The summed E-state index contributed by atoms with van der Waals surface area (Å²) in [7, 11) is 3.89. The van der Waals surface area contributed by atoms with Gasteiger partial charge in [-0.2, -0.15) is 0 Å². The molecule has 2 bridgehead atoms. The smallest absolute Gasteiger partial charge is 0.255 e. The van der Waals surface area contributed by atoms with Crippen molar-refractivity contribution in [3.63, 3.8) is 0 Å². The third-order valence-corrected chi connectivity index (χ3v) is 6.08. The number of methoxy groups -OCH3 is 1. The summed E-state index contributed by atoms with van der Waals surface area (Å²) < 4.78 is 11.5. The molecular formula is C21H28ClN3O3. The Morgan fingerprint density at radius 3 is 2.82 bits per heavy atom. The van der Waals surface area contributed by atoms with Crippen LogP contribution in [0.15, 0.2) is 12.1 Å². The van der Waals surface area contributed by atoms with Crippen molar-refractivity contribution in [1.82, 2.24) is 10.2 Å². The number of carbonyl (C=O) groups is 1. The molecule has 1 aromatic rings. The van der Waals surface area contributed by atoms with Crippen molar-refractivity contribution in [2.24, 2.45) is 0 Å². The fourth-order valence-electron chi connectivity index (χ4n) is 4.32. The number of nitrogens with one attached hydrogen (secondary N) is 1. The number of carbonyl (C=O) groups excluding carboxylic acids is 1. The molecule has 3 unspecified atom stereocenters. The summed E-state index contributed by atoms with van der Waals surface area (Å²) in [5, 5.41) is 3.49. The van der Waals surface area contributed by atoms with E-state index >= 15 is 0 Å². The topological polar surface area (TPSA) is 76.8 Å². The molecule has 0 saturated carbocycles. The fourth-order valence-corrected chi connectivity index (χ4v) is 4.49. The van der Waals surface area contributed by atoms with Crippen LogP contribution in [-0.4, -0.2) is 55.3 Å². The number of nitrogen functional groups attached to an aromatic ring is 1. The summed E-state index contributed by atoms with van der Waals surface area (Å²) >= 11 is 6.17. The first-order valence-electron chi connectivity index (χ1n) is 9.57. The van der Waals surface area contributed by atoms with Gasteiger partial charge in [0.15, 0.2) is 6.10 Å². The van der Waals surface area contributed by atoms with Gasteiger partial charge < -0.3 is 20.5 Å². The predicted octanol–water partition coefficient (Wildman–Crippen LogP) is 2.69. The van der Waals surface area contributed by atoms with E-state index in [9.17, 15) is 4.79 Å². The lowest BCUT2D eigenvalue weighted by Crippen LogP contribution is -2.50. The molecular weight excluding hydrogens is 378 g/mol. The second kappa shape index (κ2) is 8.60. The van der Waals surface area contributed by atoms with Gasteiger partial charge in [-0.25, -0.2) is 0 Å². The molecule has 28 heavy (non-hydrogen) atoms. The minimum Gasteiger partial charge on any atom is -0.477 e. The first-order valence-corrected chi connectivity index (χ1v) is 9.95. The number of halogens is 1. The molecule has 0 spiro atoms. The molecule has 2 fully saturated rings. The summed E-state index contributed by atoms with van der Waals surface area (Å²) in [5.41, 5.74) is 6.65. The molecule has 2 aliphatic rings. The third kappa shape index (κ3) is 4.22. The van der Waals surface area contributed by atoms with Crippen LogP contribution < -0.4 is 15.8 Å². The highest BCUT2D eigenvalue weighted by atomic mass is 35.5. The number of ether oxygens (including phenoxy) is 2. The van der Waals surface area contributed by atoms with Gasteiger partial charge in [0.1, 0.15) is 5.75 Å². The van der Waals surface area contributed by atoms with Crippen molar-refractivity contribution < 1.29 is 14.3 Å². The highest BCUT2D eigenvalue weighted by Crippen LogP contribution is 2.36. The van der Waals surface area contributed by atoms with Crippen LogP contribution in [-0.2, 0) is 4.74 Å². The van der Waals surface area contributed by atoms with E-state index in [0.717, 1.165) is 19.3 Å². The SMILES string of the molecule is CC#C[C@H](C)Oc1cc(N)c(Cl)cc1C(=O)NC1CC2C[C@H](OC)C(C1)N2C. The molecule has 0 aliphatic carbocycles. The minimum absolute atomic E-state index is 0.0795. The molecule has 7 heteroatoms. The van der Waals surface area contributed by atoms with Crippen molar-refractivity contribution in [2.45, 2.75) is 63.4 Å². The number of nitrogens with zero attached hydrogens (tertiary/aromatic N) is 1. The average molecular weight is 406 g/mol. The van der Waals surface area contributed by atoms with Gasteiger partial charge in [-0.05, 0) is 46.2 Å². The summed E-state index contributed by atoms with van der Waals surface area (Å²) in [6.07, 6.45) is 2.61. The zero-order valence-corrected chi connectivity index (χ0v) is 17.5. The monoisotopic (exact) mass is 405 g/mol. The lowest BCUT2D eigenvalue weighted by molar-refractivity contribution is 0.0523. The van der Waals surface area contributed by atoms with Crippen LogP contribution in [0.4, 0.5) is 5.69 Å². The maximum Gasteiger partial charge on any atom is 0.255 e. The number of nitrogens with two attached hydrogens (primary N) is 1. The molecule has 2 aliphatic heterocycles. The molecule has 6 nitrogen and oxygen atoms in total. The second-order valence-corrected chi connectivity index (χ2v) is 7.97. The summed E-state index contributed by atoms with van der Waals surface area (Å²) in [6.45, 7) is 3.56. The Morgan fingerprint density at radius 2 is 2.14 bits per heavy atom. The van der Waals surface area contributed by atoms with Crippen LogP contribution in [0.25, 0.3) is 0 Å². The van der Waals surface area contributed by atoms with Gasteiger partial charge >= 0.3 is 0 Å². The van der Waals surface area contributed by atoms with Gasteiger partial charge in [0, 0.05) is 31.3 Å². The van der Waals surface area contributed by atoms with Crippen LogP contribution >= 0.6 is 11.6 Å². The number of fused-ring (bicyclic) bond motifs is 2. The van der Waals surface area contributed by atoms with Crippen molar-refractivity contribution in [2.75, 3.05) is 19.9 Å². The van der Waals surface area contributed by atoms with Crippen molar-refractivity contribution in [1.29, 1.82) is 0 Å². The van der Waals surface area contributed by atoms with Gasteiger partial charge in [-0.3, -0.25) is 9.69 Å². The van der Waals surface area contributed by atoms with Gasteiger partial charge in [0.25, 0.3) is 5.91 Å². The highest BCUT2D eigenvalue weighted by Gasteiger charge is 2.45. The number of hydrogen-bond acceptors (Lipinski definition) is 5. The summed E-state index contributed by atoms with van der Waals surface area (Å²) in [5.74, 6) is 5.90. The number of likely N-dealkylation sites (N-methyl/N-ethyl adjacent to an activating group) is 1. The number of amides is 1. The summed E-state index contributed by atoms with van der Waals surface area (Å²) in [6, 6.07) is 3.97. The molecule has 3 rings (SSSR count). The van der Waals surface area contributed by atoms with Crippen molar-refractivity contribution >= 4 is 23.2 Å². The molecule has 0 aromatic heterocycles. The molecule has 152 valence electrons.